The van der Waals surface area contributed by atoms with Crippen molar-refractivity contribution in [3.8, 4) is 0 Å². The molecule has 0 aliphatic carbocycles. The van der Waals surface area contributed by atoms with Crippen LogP contribution in [0.2, 0.25) is 0 Å². The molecular formula is C15H28N2OS2. The first-order chi connectivity index (χ1) is 9.56. The second-order valence-corrected chi connectivity index (χ2v) is 7.88. The van der Waals surface area contributed by atoms with Gasteiger partial charge in [0.2, 0.25) is 0 Å². The van der Waals surface area contributed by atoms with Gasteiger partial charge in [0, 0.05) is 25.1 Å². The van der Waals surface area contributed by atoms with Gasteiger partial charge in [0.15, 0.2) is 0 Å². The van der Waals surface area contributed by atoms with E-state index >= 15 is 0 Å². The first kappa shape index (κ1) is 16.5. The predicted octanol–water partition coefficient (Wildman–Crippen LogP) is 2.68. The molecule has 2 heterocycles. The zero-order valence-electron chi connectivity index (χ0n) is 12.8. The number of ether oxygens (including phenoxy) is 1. The number of nitrogens with two attached hydrogens (primary N) is 1. The van der Waals surface area contributed by atoms with Crippen LogP contribution in [0.25, 0.3) is 0 Å². The molecule has 2 fully saturated rings. The lowest BCUT2D eigenvalue weighted by Gasteiger charge is -2.46. The van der Waals surface area contributed by atoms with E-state index < -0.39 is 0 Å². The maximum atomic E-state index is 6.19. The largest absolute Gasteiger partial charge is 0.393 e. The van der Waals surface area contributed by atoms with Gasteiger partial charge in [-0.25, -0.2) is 0 Å². The standard InChI is InChI=1S/C15H28N2OS2/c1-3-17(11-12(2)14(16)19)13-4-7-18-15(10-13)5-8-20-9-6-15/h12-13H,3-11H2,1-2H3,(H2,16,19). The number of rotatable bonds is 5. The van der Waals surface area contributed by atoms with E-state index in [9.17, 15) is 0 Å². The monoisotopic (exact) mass is 316 g/mol. The Balaban J connectivity index is 1.96. The van der Waals surface area contributed by atoms with Crippen LogP contribution in [0, 0.1) is 5.92 Å². The topological polar surface area (TPSA) is 38.5 Å². The van der Waals surface area contributed by atoms with Gasteiger partial charge in [-0.15, -0.1) is 0 Å². The van der Waals surface area contributed by atoms with Crippen molar-refractivity contribution in [2.75, 3.05) is 31.2 Å². The van der Waals surface area contributed by atoms with Gasteiger partial charge in [-0.2, -0.15) is 11.8 Å². The zero-order chi connectivity index (χ0) is 14.6. The summed E-state index contributed by atoms with van der Waals surface area (Å²) in [4.78, 5) is 3.20. The fourth-order valence-corrected chi connectivity index (χ4v) is 4.69. The lowest BCUT2D eigenvalue weighted by molar-refractivity contribution is -0.110. The summed E-state index contributed by atoms with van der Waals surface area (Å²) in [6, 6.07) is 0.633. The van der Waals surface area contributed by atoms with Crippen molar-refractivity contribution in [2.45, 2.75) is 51.2 Å². The van der Waals surface area contributed by atoms with Gasteiger partial charge in [0.1, 0.15) is 0 Å². The van der Waals surface area contributed by atoms with Gasteiger partial charge < -0.3 is 10.5 Å². The highest BCUT2D eigenvalue weighted by Crippen LogP contribution is 2.38. The van der Waals surface area contributed by atoms with Crippen molar-refractivity contribution in [1.29, 1.82) is 0 Å². The summed E-state index contributed by atoms with van der Waals surface area (Å²) in [5.41, 5.74) is 5.94. The summed E-state index contributed by atoms with van der Waals surface area (Å²) < 4.78 is 6.19. The van der Waals surface area contributed by atoms with Gasteiger partial charge in [-0.1, -0.05) is 26.1 Å². The van der Waals surface area contributed by atoms with Crippen molar-refractivity contribution in [3.05, 3.63) is 0 Å². The molecule has 2 unspecified atom stereocenters. The molecule has 2 saturated heterocycles. The second kappa shape index (κ2) is 7.43. The van der Waals surface area contributed by atoms with Gasteiger partial charge in [0.25, 0.3) is 0 Å². The van der Waals surface area contributed by atoms with Crippen LogP contribution < -0.4 is 5.73 Å². The Bertz CT molecular complexity index is 326. The van der Waals surface area contributed by atoms with Crippen molar-refractivity contribution in [2.24, 2.45) is 11.7 Å². The molecule has 2 atom stereocenters. The van der Waals surface area contributed by atoms with Crippen LogP contribution in [-0.2, 0) is 4.74 Å². The minimum atomic E-state index is 0.161. The summed E-state index contributed by atoms with van der Waals surface area (Å²) in [5, 5.41) is 0. The van der Waals surface area contributed by atoms with Crippen LogP contribution in [0.4, 0.5) is 0 Å². The molecule has 0 aromatic heterocycles. The third-order valence-corrected chi connectivity index (χ3v) is 6.18. The molecule has 0 saturated carbocycles. The van der Waals surface area contributed by atoms with E-state index in [0.717, 1.165) is 26.1 Å². The van der Waals surface area contributed by atoms with E-state index in [0.29, 0.717) is 16.9 Å². The Hall–Kier alpha value is 0.160. The summed E-state index contributed by atoms with van der Waals surface area (Å²) >= 11 is 7.19. The van der Waals surface area contributed by atoms with Crippen molar-refractivity contribution >= 4 is 29.0 Å². The average Bonchev–Trinajstić information content (AvgIpc) is 2.45. The second-order valence-electron chi connectivity index (χ2n) is 6.18. The fourth-order valence-electron chi connectivity index (χ4n) is 3.38. The minimum absolute atomic E-state index is 0.161. The van der Waals surface area contributed by atoms with Gasteiger partial charge in [0.05, 0.1) is 10.6 Å². The molecule has 3 nitrogen and oxygen atoms in total. The van der Waals surface area contributed by atoms with Gasteiger partial charge >= 0.3 is 0 Å². The number of thioether (sulfide) groups is 1. The zero-order valence-corrected chi connectivity index (χ0v) is 14.4. The number of nitrogens with zero attached hydrogens (tertiary/aromatic N) is 1. The van der Waals surface area contributed by atoms with Crippen LogP contribution in [0.1, 0.15) is 39.5 Å². The molecule has 0 aromatic rings. The maximum absolute atomic E-state index is 6.19. The van der Waals surface area contributed by atoms with Crippen LogP contribution >= 0.6 is 24.0 Å². The Morgan fingerprint density at radius 3 is 2.80 bits per heavy atom. The Labute approximate surface area is 133 Å². The van der Waals surface area contributed by atoms with Crippen molar-refractivity contribution < 1.29 is 4.74 Å². The van der Waals surface area contributed by atoms with E-state index in [-0.39, 0.29) is 5.60 Å². The highest BCUT2D eigenvalue weighted by molar-refractivity contribution is 7.99. The fraction of sp³-hybridized carbons (Fsp3) is 0.933. The summed E-state index contributed by atoms with van der Waals surface area (Å²) in [6.07, 6.45) is 4.77. The van der Waals surface area contributed by atoms with E-state index in [1.165, 1.54) is 30.8 Å². The van der Waals surface area contributed by atoms with E-state index in [2.05, 4.69) is 30.5 Å². The lowest BCUT2D eigenvalue weighted by atomic mass is 9.84. The molecule has 1 spiro atoms. The van der Waals surface area contributed by atoms with E-state index in [1.54, 1.807) is 0 Å². The summed E-state index contributed by atoms with van der Waals surface area (Å²) in [6.45, 7) is 7.35. The molecule has 0 bridgehead atoms. The van der Waals surface area contributed by atoms with Crippen LogP contribution in [0.3, 0.4) is 0 Å². The molecule has 2 aliphatic rings. The molecule has 0 radical (unpaired) electrons. The van der Waals surface area contributed by atoms with E-state index in [1.807, 2.05) is 0 Å². The molecule has 2 aliphatic heterocycles. The molecule has 20 heavy (non-hydrogen) atoms. The number of thiocarbonyl (C=S) groups is 1. The Morgan fingerprint density at radius 2 is 2.20 bits per heavy atom. The molecule has 2 rings (SSSR count). The van der Waals surface area contributed by atoms with Crippen LogP contribution in [0.15, 0.2) is 0 Å². The first-order valence-corrected chi connectivity index (χ1v) is 9.38. The molecule has 5 heteroatoms. The lowest BCUT2D eigenvalue weighted by Crippen LogP contribution is -2.51. The average molecular weight is 317 g/mol. The quantitative estimate of drug-likeness (QED) is 0.790. The highest BCUT2D eigenvalue weighted by Gasteiger charge is 2.40. The van der Waals surface area contributed by atoms with Crippen molar-refractivity contribution in [3.63, 3.8) is 0 Å². The third-order valence-electron chi connectivity index (χ3n) is 4.79. The van der Waals surface area contributed by atoms with Crippen molar-refractivity contribution in [1.82, 2.24) is 4.90 Å². The van der Waals surface area contributed by atoms with E-state index in [4.69, 9.17) is 22.7 Å². The predicted molar refractivity (Wildman–Crippen MR) is 91.5 cm³/mol. The molecule has 0 amide bonds. The van der Waals surface area contributed by atoms with Crippen LogP contribution in [0.5, 0.6) is 0 Å². The maximum Gasteiger partial charge on any atom is 0.0768 e. The first-order valence-electron chi connectivity index (χ1n) is 7.81. The molecule has 2 N–H and O–H groups in total. The molecular weight excluding hydrogens is 288 g/mol. The molecule has 116 valence electrons. The third kappa shape index (κ3) is 4.09. The normalized spacial score (nSPS) is 27.6. The summed E-state index contributed by atoms with van der Waals surface area (Å²) in [7, 11) is 0. The van der Waals surface area contributed by atoms with Crippen LogP contribution in [-0.4, -0.2) is 52.7 Å². The number of hydrogen-bond acceptors (Lipinski definition) is 4. The Morgan fingerprint density at radius 1 is 1.50 bits per heavy atom. The molecule has 0 aromatic carbocycles. The summed E-state index contributed by atoms with van der Waals surface area (Å²) in [5.74, 6) is 2.80. The Kier molecular flexibility index (Phi) is 6.14. The smallest absolute Gasteiger partial charge is 0.0768 e. The number of hydrogen-bond donors (Lipinski definition) is 1. The minimum Gasteiger partial charge on any atom is -0.393 e. The SMILES string of the molecule is CCN(CC(C)C(N)=S)C1CCOC2(CCSCC2)C1. The highest BCUT2D eigenvalue weighted by atomic mass is 32.2. The van der Waals surface area contributed by atoms with Gasteiger partial charge in [-0.3, -0.25) is 4.90 Å². The van der Waals surface area contributed by atoms with Gasteiger partial charge in [-0.05, 0) is 43.7 Å².